The molecule has 3 heteroatoms. The van der Waals surface area contributed by atoms with Gasteiger partial charge in [-0.05, 0) is 43.8 Å². The van der Waals surface area contributed by atoms with E-state index < -0.39 is 0 Å². The first-order chi connectivity index (χ1) is 7.88. The summed E-state index contributed by atoms with van der Waals surface area (Å²) in [5.74, 6) is 0. The van der Waals surface area contributed by atoms with Crippen LogP contribution in [0.15, 0.2) is 17.5 Å². The summed E-state index contributed by atoms with van der Waals surface area (Å²) in [4.78, 5) is 4.08. The highest BCUT2D eigenvalue weighted by Crippen LogP contribution is 2.11. The van der Waals surface area contributed by atoms with Gasteiger partial charge in [0.25, 0.3) is 0 Å². The minimum Gasteiger partial charge on any atom is -0.313 e. The van der Waals surface area contributed by atoms with E-state index in [1.165, 1.54) is 50.3 Å². The van der Waals surface area contributed by atoms with Crippen LogP contribution >= 0.6 is 11.3 Å². The predicted octanol–water partition coefficient (Wildman–Crippen LogP) is 2.36. The first-order valence-electron chi connectivity index (χ1n) is 6.36. The normalized spacial score (nSPS) is 20.8. The van der Waals surface area contributed by atoms with Crippen LogP contribution in [0.1, 0.15) is 24.6 Å². The van der Waals surface area contributed by atoms with E-state index in [-0.39, 0.29) is 0 Å². The molecule has 0 amide bonds. The van der Waals surface area contributed by atoms with Crippen molar-refractivity contribution in [3.63, 3.8) is 0 Å². The second kappa shape index (κ2) is 6.38. The maximum absolute atomic E-state index is 3.58. The van der Waals surface area contributed by atoms with Gasteiger partial charge >= 0.3 is 0 Å². The Morgan fingerprint density at radius 3 is 3.12 bits per heavy atom. The number of hydrogen-bond acceptors (Lipinski definition) is 3. The Morgan fingerprint density at radius 1 is 1.56 bits per heavy atom. The molecule has 1 unspecified atom stereocenters. The molecule has 1 aromatic rings. The van der Waals surface area contributed by atoms with Gasteiger partial charge in [0.05, 0.1) is 0 Å². The maximum atomic E-state index is 3.58. The molecular formula is C13H22N2S. The predicted molar refractivity (Wildman–Crippen MR) is 71.2 cm³/mol. The fourth-order valence-electron chi connectivity index (χ4n) is 2.33. The van der Waals surface area contributed by atoms with Crippen LogP contribution in [0.3, 0.4) is 0 Å². The van der Waals surface area contributed by atoms with Gasteiger partial charge in [-0.1, -0.05) is 13.0 Å². The Hall–Kier alpha value is -0.380. The lowest BCUT2D eigenvalue weighted by atomic mass is 10.2. The number of thiophene rings is 1. The Labute approximate surface area is 103 Å². The average molecular weight is 238 g/mol. The smallest absolute Gasteiger partial charge is 0.0195 e. The van der Waals surface area contributed by atoms with E-state index in [2.05, 4.69) is 34.7 Å². The van der Waals surface area contributed by atoms with Gasteiger partial charge in [-0.3, -0.25) is 0 Å². The first-order valence-corrected chi connectivity index (χ1v) is 7.24. The van der Waals surface area contributed by atoms with Crippen LogP contribution in [0.25, 0.3) is 0 Å². The summed E-state index contributed by atoms with van der Waals surface area (Å²) in [5.41, 5.74) is 0. The molecule has 1 aliphatic heterocycles. The number of rotatable bonds is 6. The minimum absolute atomic E-state index is 0.739. The van der Waals surface area contributed by atoms with Gasteiger partial charge < -0.3 is 10.2 Å². The number of nitrogens with one attached hydrogen (secondary N) is 1. The fourth-order valence-corrected chi connectivity index (χ4v) is 3.02. The summed E-state index contributed by atoms with van der Waals surface area (Å²) in [5, 5.41) is 5.75. The number of hydrogen-bond donors (Lipinski definition) is 1. The monoisotopic (exact) mass is 238 g/mol. The highest BCUT2D eigenvalue weighted by atomic mass is 32.1. The van der Waals surface area contributed by atoms with Crippen molar-refractivity contribution in [1.29, 1.82) is 0 Å². The Bertz CT molecular complexity index is 278. The molecule has 2 nitrogen and oxygen atoms in total. The van der Waals surface area contributed by atoms with E-state index in [0.29, 0.717) is 0 Å². The summed E-state index contributed by atoms with van der Waals surface area (Å²) in [7, 11) is 0. The quantitative estimate of drug-likeness (QED) is 0.818. The lowest BCUT2D eigenvalue weighted by Gasteiger charge is -2.23. The molecule has 0 bridgehead atoms. The SMILES string of the molecule is CCN(CCc1cccs1)CC1CCCN1. The van der Waals surface area contributed by atoms with Gasteiger partial charge in [0.1, 0.15) is 0 Å². The molecule has 1 saturated heterocycles. The van der Waals surface area contributed by atoms with Gasteiger partial charge in [-0.2, -0.15) is 0 Å². The van der Waals surface area contributed by atoms with Crippen molar-refractivity contribution in [2.75, 3.05) is 26.2 Å². The molecule has 1 aliphatic rings. The van der Waals surface area contributed by atoms with E-state index in [4.69, 9.17) is 0 Å². The van der Waals surface area contributed by atoms with Gasteiger partial charge in [0.2, 0.25) is 0 Å². The van der Waals surface area contributed by atoms with Crippen LogP contribution in [-0.4, -0.2) is 37.1 Å². The van der Waals surface area contributed by atoms with Gasteiger partial charge in [0.15, 0.2) is 0 Å². The Kier molecular flexibility index (Phi) is 4.82. The van der Waals surface area contributed by atoms with E-state index >= 15 is 0 Å². The zero-order valence-corrected chi connectivity index (χ0v) is 10.9. The standard InChI is InChI=1S/C13H22N2S/c1-2-15(11-12-5-3-8-14-12)9-7-13-6-4-10-16-13/h4,6,10,12,14H,2-3,5,7-9,11H2,1H3. The summed E-state index contributed by atoms with van der Waals surface area (Å²) >= 11 is 1.88. The molecule has 90 valence electrons. The first kappa shape index (κ1) is 12.1. The largest absolute Gasteiger partial charge is 0.313 e. The van der Waals surface area contributed by atoms with E-state index in [1.54, 1.807) is 0 Å². The average Bonchev–Trinajstić information content (AvgIpc) is 2.97. The molecule has 0 aromatic carbocycles. The van der Waals surface area contributed by atoms with E-state index in [0.717, 1.165) is 6.04 Å². The summed E-state index contributed by atoms with van der Waals surface area (Å²) in [6, 6.07) is 5.13. The highest BCUT2D eigenvalue weighted by molar-refractivity contribution is 7.09. The molecule has 0 aliphatic carbocycles. The van der Waals surface area contributed by atoms with Gasteiger partial charge in [-0.15, -0.1) is 11.3 Å². The van der Waals surface area contributed by atoms with Crippen molar-refractivity contribution < 1.29 is 0 Å². The van der Waals surface area contributed by atoms with E-state index in [1.807, 2.05) is 11.3 Å². The molecule has 1 aromatic heterocycles. The summed E-state index contributed by atoms with van der Waals surface area (Å²) in [6.45, 7) is 7.08. The van der Waals surface area contributed by atoms with Crippen molar-refractivity contribution in [1.82, 2.24) is 10.2 Å². The van der Waals surface area contributed by atoms with Crippen LogP contribution in [0.2, 0.25) is 0 Å². The van der Waals surface area contributed by atoms with Crippen molar-refractivity contribution in [3.8, 4) is 0 Å². The molecule has 1 fully saturated rings. The summed E-state index contributed by atoms with van der Waals surface area (Å²) < 4.78 is 0. The zero-order valence-electron chi connectivity index (χ0n) is 10.1. The van der Waals surface area contributed by atoms with E-state index in [9.17, 15) is 0 Å². The third-order valence-electron chi connectivity index (χ3n) is 3.34. The topological polar surface area (TPSA) is 15.3 Å². The minimum atomic E-state index is 0.739. The molecule has 0 spiro atoms. The third-order valence-corrected chi connectivity index (χ3v) is 4.28. The highest BCUT2D eigenvalue weighted by Gasteiger charge is 2.16. The molecule has 1 atom stereocenters. The lowest BCUT2D eigenvalue weighted by molar-refractivity contribution is 0.265. The molecule has 1 N–H and O–H groups in total. The second-order valence-corrected chi connectivity index (χ2v) is 5.55. The molecule has 2 rings (SSSR count). The zero-order chi connectivity index (χ0) is 11.2. The van der Waals surface area contributed by atoms with Crippen LogP contribution in [0, 0.1) is 0 Å². The lowest BCUT2D eigenvalue weighted by Crippen LogP contribution is -2.38. The fraction of sp³-hybridized carbons (Fsp3) is 0.692. The van der Waals surface area contributed by atoms with Crippen LogP contribution in [0.5, 0.6) is 0 Å². The van der Waals surface area contributed by atoms with Crippen molar-refractivity contribution in [3.05, 3.63) is 22.4 Å². The summed E-state index contributed by atoms with van der Waals surface area (Å²) in [6.07, 6.45) is 3.92. The number of likely N-dealkylation sites (N-methyl/N-ethyl adjacent to an activating group) is 1. The maximum Gasteiger partial charge on any atom is 0.0195 e. The van der Waals surface area contributed by atoms with Crippen molar-refractivity contribution >= 4 is 11.3 Å². The van der Waals surface area contributed by atoms with Gasteiger partial charge in [0, 0.05) is 24.0 Å². The van der Waals surface area contributed by atoms with Gasteiger partial charge in [-0.25, -0.2) is 0 Å². The van der Waals surface area contributed by atoms with Crippen molar-refractivity contribution in [2.45, 2.75) is 32.2 Å². The Balaban J connectivity index is 1.72. The van der Waals surface area contributed by atoms with Crippen molar-refractivity contribution in [2.24, 2.45) is 0 Å². The van der Waals surface area contributed by atoms with Crippen LogP contribution < -0.4 is 5.32 Å². The molecule has 16 heavy (non-hydrogen) atoms. The van der Waals surface area contributed by atoms with Crippen LogP contribution in [0.4, 0.5) is 0 Å². The molecular weight excluding hydrogens is 216 g/mol. The molecule has 2 heterocycles. The number of nitrogens with zero attached hydrogens (tertiary/aromatic N) is 1. The van der Waals surface area contributed by atoms with Crippen LogP contribution in [-0.2, 0) is 6.42 Å². The molecule has 0 radical (unpaired) electrons. The Morgan fingerprint density at radius 2 is 2.50 bits per heavy atom. The molecule has 0 saturated carbocycles. The second-order valence-electron chi connectivity index (χ2n) is 4.52. The third kappa shape index (κ3) is 3.58.